The first-order valence-electron chi connectivity index (χ1n) is 9.64. The molecule has 1 aromatic heterocycles. The van der Waals surface area contributed by atoms with Crippen LogP contribution >= 0.6 is 0 Å². The van der Waals surface area contributed by atoms with Gasteiger partial charge in [-0.05, 0) is 74.1 Å². The molecule has 2 aliphatic heterocycles. The Balaban J connectivity index is 1.65. The van der Waals surface area contributed by atoms with Crippen LogP contribution in [0.5, 0.6) is 0 Å². The maximum absolute atomic E-state index is 12.7. The number of nitrogens with zero attached hydrogens (tertiary/aromatic N) is 2. The van der Waals surface area contributed by atoms with Gasteiger partial charge in [-0.2, -0.15) is 0 Å². The molecule has 4 rings (SSSR count). The molecule has 5 nitrogen and oxygen atoms in total. The number of hydrogen-bond acceptors (Lipinski definition) is 3. The Morgan fingerprint density at radius 2 is 1.89 bits per heavy atom. The number of aromatic amines is 1. The average molecular weight is 363 g/mol. The number of aromatic nitrogens is 1. The maximum atomic E-state index is 12.7. The van der Waals surface area contributed by atoms with Crippen molar-refractivity contribution >= 4 is 23.2 Å². The number of aryl methyl sites for hydroxylation is 2. The number of benzene rings is 1. The van der Waals surface area contributed by atoms with Crippen molar-refractivity contribution < 1.29 is 9.59 Å². The van der Waals surface area contributed by atoms with Gasteiger partial charge in [0.15, 0.2) is 5.78 Å². The van der Waals surface area contributed by atoms with Crippen LogP contribution in [0.25, 0.3) is 0 Å². The number of carbonyl (C=O) groups excluding carboxylic acids is 2. The third kappa shape index (κ3) is 3.18. The van der Waals surface area contributed by atoms with E-state index in [0.29, 0.717) is 11.3 Å². The second kappa shape index (κ2) is 7.06. The van der Waals surface area contributed by atoms with E-state index >= 15 is 0 Å². The highest BCUT2D eigenvalue weighted by molar-refractivity contribution is 6.05. The van der Waals surface area contributed by atoms with Crippen molar-refractivity contribution in [2.24, 2.45) is 0 Å². The Kier molecular flexibility index (Phi) is 4.60. The Bertz CT molecular complexity index is 906. The molecule has 0 atom stereocenters. The summed E-state index contributed by atoms with van der Waals surface area (Å²) in [4.78, 5) is 32.2. The molecule has 0 aliphatic carbocycles. The van der Waals surface area contributed by atoms with Crippen LogP contribution in [0.4, 0.5) is 11.5 Å². The van der Waals surface area contributed by atoms with Crippen LogP contribution in [0.1, 0.15) is 51.2 Å². The van der Waals surface area contributed by atoms with Crippen LogP contribution in [0, 0.1) is 6.92 Å². The van der Waals surface area contributed by atoms with Gasteiger partial charge >= 0.3 is 0 Å². The smallest absolute Gasteiger partial charge is 0.270 e. The molecule has 2 aromatic rings. The quantitative estimate of drug-likeness (QED) is 0.659. The minimum atomic E-state index is -0.0586. The number of ketones is 1. The molecule has 1 aromatic carbocycles. The minimum Gasteiger partial charge on any atom is -0.337 e. The Morgan fingerprint density at radius 1 is 1.11 bits per heavy atom. The summed E-state index contributed by atoms with van der Waals surface area (Å²) >= 11 is 0. The van der Waals surface area contributed by atoms with Crippen LogP contribution < -0.4 is 4.90 Å². The number of carbonyl (C=O) groups is 2. The lowest BCUT2D eigenvalue weighted by molar-refractivity contribution is 0.0787. The fourth-order valence-electron chi connectivity index (χ4n) is 4.12. The summed E-state index contributed by atoms with van der Waals surface area (Å²) in [5, 5.41) is 0. The molecule has 1 fully saturated rings. The van der Waals surface area contributed by atoms with E-state index in [1.807, 2.05) is 36.1 Å². The second-order valence-electron chi connectivity index (χ2n) is 7.38. The predicted molar refractivity (Wildman–Crippen MR) is 107 cm³/mol. The van der Waals surface area contributed by atoms with Gasteiger partial charge in [-0.15, -0.1) is 0 Å². The minimum absolute atomic E-state index is 0.0586. The molecule has 5 heteroatoms. The molecule has 1 N–H and O–H groups in total. The Labute approximate surface area is 159 Å². The van der Waals surface area contributed by atoms with Gasteiger partial charge in [0.25, 0.3) is 5.91 Å². The number of allylic oxidation sites excluding steroid dienone is 1. The molecule has 0 spiro atoms. The van der Waals surface area contributed by atoms with Crippen molar-refractivity contribution in [3.8, 4) is 0 Å². The number of hydrogen-bond donors (Lipinski definition) is 1. The SMILES string of the molecule is C=CC(=O)c1ccc(N2CCCc3cc(C(=O)N4CCCC4)[nH]c32)cc1C. The Morgan fingerprint density at radius 3 is 2.59 bits per heavy atom. The zero-order valence-corrected chi connectivity index (χ0v) is 15.8. The summed E-state index contributed by atoms with van der Waals surface area (Å²) in [6.45, 7) is 8.11. The van der Waals surface area contributed by atoms with Crippen molar-refractivity contribution in [2.75, 3.05) is 24.5 Å². The molecule has 140 valence electrons. The van der Waals surface area contributed by atoms with E-state index in [4.69, 9.17) is 0 Å². The van der Waals surface area contributed by atoms with Crippen molar-refractivity contribution in [1.29, 1.82) is 0 Å². The number of likely N-dealkylation sites (tertiary alicyclic amines) is 1. The summed E-state index contributed by atoms with van der Waals surface area (Å²) in [6.07, 6.45) is 5.54. The molecule has 2 aliphatic rings. The summed E-state index contributed by atoms with van der Waals surface area (Å²) in [6, 6.07) is 7.89. The van der Waals surface area contributed by atoms with Gasteiger partial charge < -0.3 is 14.8 Å². The zero-order chi connectivity index (χ0) is 19.0. The lowest BCUT2D eigenvalue weighted by Crippen LogP contribution is -2.28. The van der Waals surface area contributed by atoms with E-state index in [9.17, 15) is 9.59 Å². The zero-order valence-electron chi connectivity index (χ0n) is 15.8. The predicted octanol–water partition coefficient (Wildman–Crippen LogP) is 4.01. The normalized spacial score (nSPS) is 16.3. The first-order chi connectivity index (χ1) is 13.1. The van der Waals surface area contributed by atoms with Crippen LogP contribution in [-0.4, -0.2) is 41.2 Å². The van der Waals surface area contributed by atoms with Gasteiger partial charge in [-0.3, -0.25) is 9.59 Å². The summed E-state index contributed by atoms with van der Waals surface area (Å²) in [5.74, 6) is 1.05. The van der Waals surface area contributed by atoms with Gasteiger partial charge in [0, 0.05) is 30.9 Å². The van der Waals surface area contributed by atoms with E-state index < -0.39 is 0 Å². The molecule has 1 amide bonds. The van der Waals surface area contributed by atoms with Crippen molar-refractivity contribution in [3.05, 3.63) is 59.3 Å². The number of H-pyrrole nitrogens is 1. The topological polar surface area (TPSA) is 56.4 Å². The number of rotatable bonds is 4. The van der Waals surface area contributed by atoms with Crippen molar-refractivity contribution in [2.45, 2.75) is 32.6 Å². The van der Waals surface area contributed by atoms with Gasteiger partial charge in [0.05, 0.1) is 0 Å². The summed E-state index contributed by atoms with van der Waals surface area (Å²) in [7, 11) is 0. The van der Waals surface area contributed by atoms with Crippen molar-refractivity contribution in [3.63, 3.8) is 0 Å². The van der Waals surface area contributed by atoms with E-state index in [2.05, 4.69) is 16.5 Å². The largest absolute Gasteiger partial charge is 0.337 e. The molecular formula is C22H25N3O2. The lowest BCUT2D eigenvalue weighted by atomic mass is 10.0. The van der Waals surface area contributed by atoms with Crippen LogP contribution in [0.3, 0.4) is 0 Å². The molecule has 0 unspecified atom stereocenters. The average Bonchev–Trinajstić information content (AvgIpc) is 3.36. The molecule has 27 heavy (non-hydrogen) atoms. The number of nitrogens with one attached hydrogen (secondary N) is 1. The molecule has 0 bridgehead atoms. The highest BCUT2D eigenvalue weighted by Crippen LogP contribution is 2.34. The van der Waals surface area contributed by atoms with Crippen molar-refractivity contribution in [1.82, 2.24) is 9.88 Å². The summed E-state index contributed by atoms with van der Waals surface area (Å²) in [5.41, 5.74) is 4.53. The number of anilines is 2. The van der Waals surface area contributed by atoms with E-state index in [1.165, 1.54) is 11.6 Å². The summed E-state index contributed by atoms with van der Waals surface area (Å²) < 4.78 is 0. The third-order valence-corrected chi connectivity index (χ3v) is 5.57. The highest BCUT2D eigenvalue weighted by Gasteiger charge is 2.26. The standard InChI is InChI=1S/C22H25N3O2/c1-3-20(26)18-9-8-17(13-15(18)2)25-12-6-7-16-14-19(23-21(16)25)22(27)24-10-4-5-11-24/h3,8-9,13-14,23H,1,4-7,10-12H2,2H3. The lowest BCUT2D eigenvalue weighted by Gasteiger charge is -2.29. The third-order valence-electron chi connectivity index (χ3n) is 5.57. The van der Waals surface area contributed by atoms with Crippen LogP contribution in [-0.2, 0) is 6.42 Å². The Hall–Kier alpha value is -2.82. The van der Waals surface area contributed by atoms with Crippen LogP contribution in [0.15, 0.2) is 36.9 Å². The fraction of sp³-hybridized carbons (Fsp3) is 0.364. The fourth-order valence-corrected chi connectivity index (χ4v) is 4.12. The molecule has 0 radical (unpaired) electrons. The van der Waals surface area contributed by atoms with Gasteiger partial charge in [-0.25, -0.2) is 0 Å². The molecule has 0 saturated carbocycles. The molecule has 3 heterocycles. The first-order valence-corrected chi connectivity index (χ1v) is 9.64. The monoisotopic (exact) mass is 363 g/mol. The molecular weight excluding hydrogens is 338 g/mol. The highest BCUT2D eigenvalue weighted by atomic mass is 16.2. The van der Waals surface area contributed by atoms with Gasteiger partial charge in [0.1, 0.15) is 11.5 Å². The van der Waals surface area contributed by atoms with Gasteiger partial charge in [0.2, 0.25) is 0 Å². The van der Waals surface area contributed by atoms with E-state index in [0.717, 1.165) is 62.4 Å². The number of amides is 1. The number of fused-ring (bicyclic) bond motifs is 1. The van der Waals surface area contributed by atoms with E-state index in [-0.39, 0.29) is 11.7 Å². The maximum Gasteiger partial charge on any atom is 0.270 e. The van der Waals surface area contributed by atoms with Gasteiger partial charge in [-0.1, -0.05) is 6.58 Å². The first kappa shape index (κ1) is 17.6. The molecule has 1 saturated heterocycles. The van der Waals surface area contributed by atoms with E-state index in [1.54, 1.807) is 0 Å². The second-order valence-corrected chi connectivity index (χ2v) is 7.38. The van der Waals surface area contributed by atoms with Crippen LogP contribution in [0.2, 0.25) is 0 Å².